The standard InChI is InChI=1S/C17H21Cl2N3O/c1-12-13(2)22(14-5-6-15(18)16(19)11-14)20-17(12)23-10-9-21-7-3-4-8-21/h5-6,11H,3-4,7-10H2,1-2H3. The van der Waals surface area contributed by atoms with Crippen LogP contribution in [0.2, 0.25) is 10.0 Å². The van der Waals surface area contributed by atoms with Crippen LogP contribution < -0.4 is 4.74 Å². The van der Waals surface area contributed by atoms with E-state index in [2.05, 4.69) is 10.00 Å². The van der Waals surface area contributed by atoms with Crippen LogP contribution in [-0.4, -0.2) is 40.9 Å². The van der Waals surface area contributed by atoms with Gasteiger partial charge in [-0.2, -0.15) is 0 Å². The Balaban J connectivity index is 1.73. The summed E-state index contributed by atoms with van der Waals surface area (Å²) in [4.78, 5) is 2.43. The molecule has 2 aromatic rings. The Bertz CT molecular complexity index is 693. The van der Waals surface area contributed by atoms with Gasteiger partial charge in [-0.15, -0.1) is 5.10 Å². The highest BCUT2D eigenvalue weighted by molar-refractivity contribution is 6.42. The molecule has 124 valence electrons. The first kappa shape index (κ1) is 16.6. The number of likely N-dealkylation sites (tertiary alicyclic amines) is 1. The van der Waals surface area contributed by atoms with E-state index in [4.69, 9.17) is 27.9 Å². The molecule has 23 heavy (non-hydrogen) atoms. The van der Waals surface area contributed by atoms with Crippen LogP contribution in [0.15, 0.2) is 18.2 Å². The van der Waals surface area contributed by atoms with Gasteiger partial charge in [0.15, 0.2) is 0 Å². The molecule has 3 rings (SSSR count). The highest BCUT2D eigenvalue weighted by atomic mass is 35.5. The van der Waals surface area contributed by atoms with Gasteiger partial charge < -0.3 is 4.74 Å². The van der Waals surface area contributed by atoms with Crippen molar-refractivity contribution in [3.05, 3.63) is 39.5 Å². The first-order chi connectivity index (χ1) is 11.1. The van der Waals surface area contributed by atoms with Gasteiger partial charge in [0.05, 0.1) is 15.7 Å². The molecule has 6 heteroatoms. The normalized spacial score (nSPS) is 15.3. The average molecular weight is 354 g/mol. The Morgan fingerprint density at radius 3 is 2.57 bits per heavy atom. The number of nitrogens with zero attached hydrogens (tertiary/aromatic N) is 3. The molecule has 1 fully saturated rings. The third-order valence-electron chi connectivity index (χ3n) is 4.36. The van der Waals surface area contributed by atoms with E-state index in [9.17, 15) is 0 Å². The molecule has 0 atom stereocenters. The molecule has 1 saturated heterocycles. The van der Waals surface area contributed by atoms with E-state index in [0.717, 1.165) is 23.5 Å². The van der Waals surface area contributed by atoms with Gasteiger partial charge in [0.2, 0.25) is 5.88 Å². The molecular weight excluding hydrogens is 333 g/mol. The van der Waals surface area contributed by atoms with Crippen molar-refractivity contribution in [1.29, 1.82) is 0 Å². The molecule has 1 aromatic heterocycles. The number of aromatic nitrogens is 2. The summed E-state index contributed by atoms with van der Waals surface area (Å²) in [6.07, 6.45) is 2.59. The maximum atomic E-state index is 6.11. The summed E-state index contributed by atoms with van der Waals surface area (Å²) in [5.41, 5.74) is 2.98. The van der Waals surface area contributed by atoms with Crippen molar-refractivity contribution >= 4 is 23.2 Å². The summed E-state index contributed by atoms with van der Waals surface area (Å²) < 4.78 is 7.75. The third kappa shape index (κ3) is 3.65. The topological polar surface area (TPSA) is 30.3 Å². The first-order valence-electron chi connectivity index (χ1n) is 7.93. The van der Waals surface area contributed by atoms with Crippen molar-refractivity contribution in [1.82, 2.24) is 14.7 Å². The minimum Gasteiger partial charge on any atom is -0.475 e. The maximum Gasteiger partial charge on any atom is 0.236 e. The Labute approximate surface area is 146 Å². The molecular formula is C17H21Cl2N3O. The quantitative estimate of drug-likeness (QED) is 0.803. The van der Waals surface area contributed by atoms with E-state index in [-0.39, 0.29) is 0 Å². The van der Waals surface area contributed by atoms with Crippen LogP contribution in [0, 0.1) is 13.8 Å². The number of hydrogen-bond donors (Lipinski definition) is 0. The second-order valence-electron chi connectivity index (χ2n) is 5.92. The van der Waals surface area contributed by atoms with Crippen LogP contribution in [0.25, 0.3) is 5.69 Å². The Morgan fingerprint density at radius 1 is 1.13 bits per heavy atom. The summed E-state index contributed by atoms with van der Waals surface area (Å²) in [6.45, 7) is 8.04. The van der Waals surface area contributed by atoms with Crippen molar-refractivity contribution in [2.75, 3.05) is 26.2 Å². The van der Waals surface area contributed by atoms with Gasteiger partial charge in [0, 0.05) is 17.8 Å². The van der Waals surface area contributed by atoms with Crippen molar-refractivity contribution in [3.63, 3.8) is 0 Å². The van der Waals surface area contributed by atoms with Gasteiger partial charge in [-0.3, -0.25) is 4.90 Å². The number of benzene rings is 1. The Kier molecular flexibility index (Phi) is 5.14. The largest absolute Gasteiger partial charge is 0.475 e. The zero-order valence-corrected chi connectivity index (χ0v) is 15.0. The van der Waals surface area contributed by atoms with E-state index >= 15 is 0 Å². The van der Waals surface area contributed by atoms with Crippen LogP contribution in [0.4, 0.5) is 0 Å². The Morgan fingerprint density at radius 2 is 1.87 bits per heavy atom. The lowest BCUT2D eigenvalue weighted by Gasteiger charge is -2.14. The predicted molar refractivity (Wildman–Crippen MR) is 94.2 cm³/mol. The minimum atomic E-state index is 0.522. The van der Waals surface area contributed by atoms with E-state index in [1.54, 1.807) is 6.07 Å². The van der Waals surface area contributed by atoms with E-state index < -0.39 is 0 Å². The molecule has 1 aromatic carbocycles. The summed E-state index contributed by atoms with van der Waals surface area (Å²) in [5, 5.41) is 5.65. The summed E-state index contributed by atoms with van der Waals surface area (Å²) >= 11 is 12.1. The lowest BCUT2D eigenvalue weighted by atomic mass is 10.2. The van der Waals surface area contributed by atoms with Crippen molar-refractivity contribution in [2.24, 2.45) is 0 Å². The van der Waals surface area contributed by atoms with Gasteiger partial charge in [-0.1, -0.05) is 23.2 Å². The lowest BCUT2D eigenvalue weighted by Crippen LogP contribution is -2.25. The third-order valence-corrected chi connectivity index (χ3v) is 5.10. The molecule has 0 bridgehead atoms. The Hall–Kier alpha value is -1.23. The zero-order chi connectivity index (χ0) is 16.4. The average Bonchev–Trinajstić information content (AvgIpc) is 3.14. The van der Waals surface area contributed by atoms with E-state index in [0.29, 0.717) is 22.5 Å². The van der Waals surface area contributed by atoms with Crippen molar-refractivity contribution in [2.45, 2.75) is 26.7 Å². The number of ether oxygens (including phenoxy) is 1. The first-order valence-corrected chi connectivity index (χ1v) is 8.68. The molecule has 0 unspecified atom stereocenters. The van der Waals surface area contributed by atoms with Gasteiger partial charge in [0.25, 0.3) is 0 Å². The smallest absolute Gasteiger partial charge is 0.236 e. The van der Waals surface area contributed by atoms with Gasteiger partial charge in [-0.25, -0.2) is 4.68 Å². The number of rotatable bonds is 5. The van der Waals surface area contributed by atoms with Crippen molar-refractivity contribution in [3.8, 4) is 11.6 Å². The predicted octanol–water partition coefficient (Wildman–Crippen LogP) is 4.27. The van der Waals surface area contributed by atoms with E-state index in [1.165, 1.54) is 25.9 Å². The SMILES string of the molecule is Cc1c(OCCN2CCCC2)nn(-c2ccc(Cl)c(Cl)c2)c1C. The maximum absolute atomic E-state index is 6.11. The van der Waals surface area contributed by atoms with Gasteiger partial charge >= 0.3 is 0 Å². The van der Waals surface area contributed by atoms with Crippen molar-refractivity contribution < 1.29 is 4.74 Å². The molecule has 0 aliphatic carbocycles. The number of halogens is 2. The fourth-order valence-corrected chi connectivity index (χ4v) is 3.13. The molecule has 1 aliphatic heterocycles. The number of hydrogen-bond acceptors (Lipinski definition) is 3. The molecule has 4 nitrogen and oxygen atoms in total. The molecule has 0 radical (unpaired) electrons. The highest BCUT2D eigenvalue weighted by Gasteiger charge is 2.16. The van der Waals surface area contributed by atoms with E-state index in [1.807, 2.05) is 30.7 Å². The van der Waals surface area contributed by atoms with Gasteiger partial charge in [-0.05, 0) is 58.0 Å². The highest BCUT2D eigenvalue weighted by Crippen LogP contribution is 2.28. The van der Waals surface area contributed by atoms with Gasteiger partial charge in [0.1, 0.15) is 6.61 Å². The van der Waals surface area contributed by atoms with Crippen LogP contribution in [0.5, 0.6) is 5.88 Å². The molecule has 0 saturated carbocycles. The van der Waals surface area contributed by atoms with Crippen LogP contribution in [0.1, 0.15) is 24.1 Å². The second kappa shape index (κ2) is 7.12. The lowest BCUT2D eigenvalue weighted by molar-refractivity contribution is 0.230. The fourth-order valence-electron chi connectivity index (χ4n) is 2.84. The molecule has 2 heterocycles. The molecule has 0 amide bonds. The summed E-state index contributed by atoms with van der Waals surface area (Å²) in [5.74, 6) is 0.688. The summed E-state index contributed by atoms with van der Waals surface area (Å²) in [7, 11) is 0. The monoisotopic (exact) mass is 353 g/mol. The molecule has 0 spiro atoms. The fraction of sp³-hybridized carbons (Fsp3) is 0.471. The zero-order valence-electron chi connectivity index (χ0n) is 13.5. The molecule has 1 aliphatic rings. The summed E-state index contributed by atoms with van der Waals surface area (Å²) in [6, 6.07) is 5.50. The second-order valence-corrected chi connectivity index (χ2v) is 6.74. The van der Waals surface area contributed by atoms with Crippen LogP contribution in [0.3, 0.4) is 0 Å². The van der Waals surface area contributed by atoms with Crippen LogP contribution in [-0.2, 0) is 0 Å². The molecule has 0 N–H and O–H groups in total. The van der Waals surface area contributed by atoms with Crippen LogP contribution >= 0.6 is 23.2 Å². The minimum absolute atomic E-state index is 0.522.